The van der Waals surface area contributed by atoms with Crippen LogP contribution in [0.1, 0.15) is 12.0 Å². The Morgan fingerprint density at radius 2 is 2.05 bits per heavy atom. The van der Waals surface area contributed by atoms with Crippen LogP contribution in [0.3, 0.4) is 0 Å². The molecule has 1 aromatic rings. The Morgan fingerprint density at radius 3 is 2.76 bits per heavy atom. The van der Waals surface area contributed by atoms with Gasteiger partial charge in [0.15, 0.2) is 0 Å². The third-order valence-electron chi connectivity index (χ3n) is 3.94. The van der Waals surface area contributed by atoms with E-state index in [1.807, 2.05) is 30.3 Å². The van der Waals surface area contributed by atoms with Gasteiger partial charge in [0, 0.05) is 0 Å². The highest BCUT2D eigenvalue weighted by Gasteiger charge is 2.46. The predicted molar refractivity (Wildman–Crippen MR) is 72.6 cm³/mol. The molecule has 1 amide bonds. The molecular weight excluding hydrogens is 274 g/mol. The summed E-state index contributed by atoms with van der Waals surface area (Å²) in [5, 5.41) is 9.12. The number of aliphatic carboxylic acids is 1. The molecule has 0 aromatic heterocycles. The van der Waals surface area contributed by atoms with Crippen LogP contribution in [0.25, 0.3) is 0 Å². The average Bonchev–Trinajstić information content (AvgIpc) is 2.80. The number of benzene rings is 1. The van der Waals surface area contributed by atoms with Crippen LogP contribution in [0.2, 0.25) is 0 Å². The van der Waals surface area contributed by atoms with Gasteiger partial charge in [-0.05, 0) is 12.0 Å². The molecule has 2 heterocycles. The van der Waals surface area contributed by atoms with Gasteiger partial charge >= 0.3 is 12.1 Å². The minimum atomic E-state index is -0.859. The van der Waals surface area contributed by atoms with E-state index in [0.29, 0.717) is 13.0 Å². The number of likely N-dealkylation sites (tertiary alicyclic amines) is 1. The van der Waals surface area contributed by atoms with Crippen LogP contribution in [0.4, 0.5) is 4.79 Å². The van der Waals surface area contributed by atoms with E-state index >= 15 is 0 Å². The standard InChI is InChI=1S/C15H17NO5/c17-14(18)12-6-11-7-16(8-13(12)21-11)15(19)20-9-10-4-2-1-3-5-10/h1-5,11-13H,6-9H2,(H,17,18). The van der Waals surface area contributed by atoms with Crippen molar-refractivity contribution in [2.75, 3.05) is 13.1 Å². The van der Waals surface area contributed by atoms with Gasteiger partial charge in [-0.15, -0.1) is 0 Å². The van der Waals surface area contributed by atoms with Crippen molar-refractivity contribution in [2.45, 2.75) is 25.2 Å². The average molecular weight is 291 g/mol. The number of rotatable bonds is 3. The van der Waals surface area contributed by atoms with Crippen LogP contribution in [0.5, 0.6) is 0 Å². The molecular formula is C15H17NO5. The second kappa shape index (κ2) is 5.73. The molecule has 0 radical (unpaired) electrons. The summed E-state index contributed by atoms with van der Waals surface area (Å²) >= 11 is 0. The first-order valence-electron chi connectivity index (χ1n) is 6.97. The monoisotopic (exact) mass is 291 g/mol. The fourth-order valence-electron chi connectivity index (χ4n) is 2.88. The van der Waals surface area contributed by atoms with Crippen molar-refractivity contribution in [1.82, 2.24) is 4.90 Å². The van der Waals surface area contributed by atoms with E-state index in [1.54, 1.807) is 4.90 Å². The van der Waals surface area contributed by atoms with Crippen molar-refractivity contribution >= 4 is 12.1 Å². The molecule has 112 valence electrons. The van der Waals surface area contributed by atoms with E-state index in [1.165, 1.54) is 0 Å². The second-order valence-corrected chi connectivity index (χ2v) is 5.42. The molecule has 3 rings (SSSR count). The van der Waals surface area contributed by atoms with Crippen molar-refractivity contribution in [1.29, 1.82) is 0 Å². The van der Waals surface area contributed by atoms with E-state index in [2.05, 4.69) is 0 Å². The van der Waals surface area contributed by atoms with Crippen molar-refractivity contribution in [3.63, 3.8) is 0 Å². The molecule has 3 unspecified atom stereocenters. The van der Waals surface area contributed by atoms with Crippen LogP contribution in [0, 0.1) is 5.92 Å². The van der Waals surface area contributed by atoms with Gasteiger partial charge in [0.25, 0.3) is 0 Å². The fourth-order valence-corrected chi connectivity index (χ4v) is 2.88. The zero-order valence-electron chi connectivity index (χ0n) is 11.5. The summed E-state index contributed by atoms with van der Waals surface area (Å²) in [5.41, 5.74) is 0.922. The number of hydrogen-bond donors (Lipinski definition) is 1. The van der Waals surface area contributed by atoms with Crippen molar-refractivity contribution in [3.8, 4) is 0 Å². The number of carbonyl (C=O) groups excluding carboxylic acids is 1. The van der Waals surface area contributed by atoms with E-state index in [9.17, 15) is 9.59 Å². The first kappa shape index (κ1) is 13.9. The first-order valence-corrected chi connectivity index (χ1v) is 6.97. The molecule has 1 aromatic carbocycles. The lowest BCUT2D eigenvalue weighted by Gasteiger charge is -2.31. The lowest BCUT2D eigenvalue weighted by atomic mass is 10.0. The number of carbonyl (C=O) groups is 2. The number of morpholine rings is 1. The van der Waals surface area contributed by atoms with Crippen LogP contribution in [0.15, 0.2) is 30.3 Å². The summed E-state index contributed by atoms with van der Waals surface area (Å²) in [7, 11) is 0. The Bertz CT molecular complexity index is 532. The highest BCUT2D eigenvalue weighted by molar-refractivity contribution is 5.72. The summed E-state index contributed by atoms with van der Waals surface area (Å²) in [4.78, 5) is 24.7. The van der Waals surface area contributed by atoms with Gasteiger partial charge in [-0.2, -0.15) is 0 Å². The maximum absolute atomic E-state index is 12.1. The number of carboxylic acid groups (broad SMARTS) is 1. The molecule has 21 heavy (non-hydrogen) atoms. The third kappa shape index (κ3) is 3.00. The maximum atomic E-state index is 12.1. The number of hydrogen-bond acceptors (Lipinski definition) is 4. The molecule has 2 bridgehead atoms. The number of carboxylic acids is 1. The molecule has 6 nitrogen and oxygen atoms in total. The Labute approximate surface area is 122 Å². The molecule has 2 aliphatic heterocycles. The van der Waals surface area contributed by atoms with Gasteiger partial charge in [0.2, 0.25) is 0 Å². The van der Waals surface area contributed by atoms with Gasteiger partial charge < -0.3 is 19.5 Å². The SMILES string of the molecule is O=C(O)C1CC2CN(C(=O)OCc3ccccc3)CC1O2. The summed E-state index contributed by atoms with van der Waals surface area (Å²) in [6.45, 7) is 0.893. The van der Waals surface area contributed by atoms with Crippen LogP contribution >= 0.6 is 0 Å². The molecule has 1 N–H and O–H groups in total. The van der Waals surface area contributed by atoms with Crippen LogP contribution in [-0.2, 0) is 20.9 Å². The molecule has 2 aliphatic rings. The van der Waals surface area contributed by atoms with Gasteiger partial charge in [0.1, 0.15) is 6.61 Å². The largest absolute Gasteiger partial charge is 0.481 e. The Balaban J connectivity index is 1.56. The van der Waals surface area contributed by atoms with Crippen LogP contribution < -0.4 is 0 Å². The Kier molecular flexibility index (Phi) is 3.79. The second-order valence-electron chi connectivity index (χ2n) is 5.42. The molecule has 0 spiro atoms. The molecule has 2 fully saturated rings. The minimum absolute atomic E-state index is 0.200. The summed E-state index contributed by atoms with van der Waals surface area (Å²) < 4.78 is 10.9. The topological polar surface area (TPSA) is 76.1 Å². The lowest BCUT2D eigenvalue weighted by Crippen LogP contribution is -2.47. The number of nitrogens with zero attached hydrogens (tertiary/aromatic N) is 1. The van der Waals surface area contributed by atoms with Gasteiger partial charge in [0.05, 0.1) is 31.2 Å². The summed E-state index contributed by atoms with van der Waals surface area (Å²) in [6, 6.07) is 9.44. The molecule has 2 saturated heterocycles. The highest BCUT2D eigenvalue weighted by Crippen LogP contribution is 2.32. The van der Waals surface area contributed by atoms with Gasteiger partial charge in [-0.3, -0.25) is 4.79 Å². The predicted octanol–water partition coefficient (Wildman–Crippen LogP) is 1.50. The Hall–Kier alpha value is -2.08. The number of ether oxygens (including phenoxy) is 2. The minimum Gasteiger partial charge on any atom is -0.481 e. The molecule has 0 aliphatic carbocycles. The lowest BCUT2D eigenvalue weighted by molar-refractivity contribution is -0.144. The van der Waals surface area contributed by atoms with Crippen molar-refractivity contribution < 1.29 is 24.2 Å². The fraction of sp³-hybridized carbons (Fsp3) is 0.467. The van der Waals surface area contributed by atoms with Crippen molar-refractivity contribution in [3.05, 3.63) is 35.9 Å². The normalized spacial score (nSPS) is 27.4. The van der Waals surface area contributed by atoms with Gasteiger partial charge in [-0.25, -0.2) is 4.79 Å². The maximum Gasteiger partial charge on any atom is 0.410 e. The molecule has 0 saturated carbocycles. The summed E-state index contributed by atoms with van der Waals surface area (Å²) in [5.74, 6) is -1.39. The zero-order chi connectivity index (χ0) is 14.8. The number of fused-ring (bicyclic) bond motifs is 2. The van der Waals surface area contributed by atoms with Crippen LogP contribution in [-0.4, -0.2) is 47.4 Å². The molecule has 3 atom stereocenters. The zero-order valence-corrected chi connectivity index (χ0v) is 11.5. The highest BCUT2D eigenvalue weighted by atomic mass is 16.6. The van der Waals surface area contributed by atoms with Crippen molar-refractivity contribution in [2.24, 2.45) is 5.92 Å². The van der Waals surface area contributed by atoms with E-state index < -0.39 is 24.1 Å². The Morgan fingerprint density at radius 1 is 1.29 bits per heavy atom. The molecule has 6 heteroatoms. The van der Waals surface area contributed by atoms with E-state index in [4.69, 9.17) is 14.6 Å². The van der Waals surface area contributed by atoms with E-state index in [0.717, 1.165) is 5.56 Å². The first-order chi connectivity index (χ1) is 10.1. The van der Waals surface area contributed by atoms with Gasteiger partial charge in [-0.1, -0.05) is 30.3 Å². The summed E-state index contributed by atoms with van der Waals surface area (Å²) in [6.07, 6.45) is -0.578. The quantitative estimate of drug-likeness (QED) is 0.913. The van der Waals surface area contributed by atoms with E-state index in [-0.39, 0.29) is 19.3 Å². The number of amides is 1. The smallest absolute Gasteiger partial charge is 0.410 e. The third-order valence-corrected chi connectivity index (χ3v) is 3.94.